The smallest absolute Gasteiger partial charge is 0.0497 e. The summed E-state index contributed by atoms with van der Waals surface area (Å²) in [6, 6.07) is 24.6. The molecule has 30 heavy (non-hydrogen) atoms. The molecule has 6 rings (SSSR count). The monoisotopic (exact) mass is 388 g/mol. The second kappa shape index (κ2) is 6.24. The number of aromatic amines is 2. The Balaban J connectivity index is 1.45. The number of H-pyrrole nitrogens is 2. The zero-order valence-electron chi connectivity index (χ0n) is 17.6. The van der Waals surface area contributed by atoms with E-state index in [0.717, 1.165) is 6.42 Å². The van der Waals surface area contributed by atoms with Gasteiger partial charge in [-0.25, -0.2) is 0 Å². The molecule has 0 aliphatic heterocycles. The van der Waals surface area contributed by atoms with Crippen LogP contribution >= 0.6 is 0 Å². The number of rotatable bonds is 2. The fraction of sp³-hybridized carbons (Fsp3) is 0.143. The highest BCUT2D eigenvalue weighted by molar-refractivity contribution is 6.09. The third kappa shape index (κ3) is 2.50. The lowest BCUT2D eigenvalue weighted by Crippen LogP contribution is -1.93. The molecule has 0 spiro atoms. The molecule has 0 fully saturated rings. The highest BCUT2D eigenvalue weighted by atomic mass is 14.7. The molecule has 0 bridgehead atoms. The molecule has 2 N–H and O–H groups in total. The summed E-state index contributed by atoms with van der Waals surface area (Å²) in [4.78, 5) is 7.29. The molecular formula is C28H24N2. The van der Waals surface area contributed by atoms with E-state index < -0.39 is 0 Å². The zero-order valence-corrected chi connectivity index (χ0v) is 17.6. The van der Waals surface area contributed by atoms with Crippen molar-refractivity contribution in [1.82, 2.24) is 9.97 Å². The van der Waals surface area contributed by atoms with Crippen molar-refractivity contribution in [3.05, 3.63) is 94.5 Å². The molecule has 0 radical (unpaired) electrons. The number of hydrogen-bond acceptors (Lipinski definition) is 0. The quantitative estimate of drug-likeness (QED) is 0.308. The predicted molar refractivity (Wildman–Crippen MR) is 129 cm³/mol. The maximum atomic E-state index is 3.69. The Morgan fingerprint density at radius 3 is 2.23 bits per heavy atom. The average Bonchev–Trinajstić information content (AvgIpc) is 3.29. The van der Waals surface area contributed by atoms with E-state index in [4.69, 9.17) is 0 Å². The molecule has 6 aromatic rings. The molecule has 2 heterocycles. The Morgan fingerprint density at radius 2 is 1.37 bits per heavy atom. The van der Waals surface area contributed by atoms with Crippen LogP contribution in [-0.4, -0.2) is 9.97 Å². The van der Waals surface area contributed by atoms with Crippen LogP contribution in [0, 0.1) is 20.8 Å². The van der Waals surface area contributed by atoms with Gasteiger partial charge in [-0.1, -0.05) is 54.6 Å². The molecule has 146 valence electrons. The minimum absolute atomic E-state index is 0.931. The standard InChI is InChI=1S/C28H24N2/c1-16-7-10-21-22-11-8-19(15-26(22)29-25(21)13-16)14-20-9-12-24-23-6-4-5-17(2)27(23)30-28(24)18(20)3/h4-13,15,29-30H,14H2,1-3H3. The fourth-order valence-electron chi connectivity index (χ4n) is 4.92. The first-order valence-electron chi connectivity index (χ1n) is 10.6. The van der Waals surface area contributed by atoms with E-state index in [1.54, 1.807) is 0 Å². The molecule has 0 aliphatic rings. The number of fused-ring (bicyclic) bond motifs is 6. The van der Waals surface area contributed by atoms with Crippen molar-refractivity contribution < 1.29 is 0 Å². The van der Waals surface area contributed by atoms with Gasteiger partial charge in [0.15, 0.2) is 0 Å². The lowest BCUT2D eigenvalue weighted by molar-refractivity contribution is 1.17. The topological polar surface area (TPSA) is 31.6 Å². The summed E-state index contributed by atoms with van der Waals surface area (Å²) in [6.07, 6.45) is 0.931. The van der Waals surface area contributed by atoms with Crippen LogP contribution in [0.5, 0.6) is 0 Å². The van der Waals surface area contributed by atoms with Gasteiger partial charge in [0.1, 0.15) is 0 Å². The average molecular weight is 389 g/mol. The third-order valence-corrected chi connectivity index (χ3v) is 6.60. The van der Waals surface area contributed by atoms with Gasteiger partial charge in [-0.2, -0.15) is 0 Å². The minimum Gasteiger partial charge on any atom is -0.354 e. The molecule has 0 saturated carbocycles. The SMILES string of the molecule is Cc1ccc2c(c1)[nH]c1cc(Cc3ccc4c([nH]c5c(C)cccc54)c3C)ccc12. The first-order chi connectivity index (χ1) is 14.6. The van der Waals surface area contributed by atoms with Crippen molar-refractivity contribution >= 4 is 43.6 Å². The van der Waals surface area contributed by atoms with Crippen molar-refractivity contribution in [2.24, 2.45) is 0 Å². The maximum Gasteiger partial charge on any atom is 0.0497 e. The zero-order chi connectivity index (χ0) is 20.4. The van der Waals surface area contributed by atoms with Crippen LogP contribution in [0.2, 0.25) is 0 Å². The Kier molecular flexibility index (Phi) is 3.61. The van der Waals surface area contributed by atoms with Crippen molar-refractivity contribution in [3.63, 3.8) is 0 Å². The maximum absolute atomic E-state index is 3.69. The van der Waals surface area contributed by atoms with Crippen molar-refractivity contribution in [2.45, 2.75) is 27.2 Å². The summed E-state index contributed by atoms with van der Waals surface area (Å²) in [5.41, 5.74) is 11.6. The van der Waals surface area contributed by atoms with Crippen molar-refractivity contribution in [1.29, 1.82) is 0 Å². The van der Waals surface area contributed by atoms with Crippen LogP contribution in [0.15, 0.2) is 66.7 Å². The predicted octanol–water partition coefficient (Wildman–Crippen LogP) is 7.47. The van der Waals surface area contributed by atoms with Crippen LogP contribution in [-0.2, 0) is 6.42 Å². The van der Waals surface area contributed by atoms with Gasteiger partial charge in [-0.3, -0.25) is 0 Å². The summed E-state index contributed by atoms with van der Waals surface area (Å²) in [6.45, 7) is 6.55. The van der Waals surface area contributed by atoms with Crippen LogP contribution in [0.1, 0.15) is 27.8 Å². The lowest BCUT2D eigenvalue weighted by atomic mass is 9.97. The van der Waals surface area contributed by atoms with E-state index in [-0.39, 0.29) is 0 Å². The highest BCUT2D eigenvalue weighted by Gasteiger charge is 2.12. The summed E-state index contributed by atoms with van der Waals surface area (Å²) in [5.74, 6) is 0. The van der Waals surface area contributed by atoms with Gasteiger partial charge in [0, 0.05) is 43.6 Å². The van der Waals surface area contributed by atoms with Crippen LogP contribution in [0.3, 0.4) is 0 Å². The molecule has 0 amide bonds. The van der Waals surface area contributed by atoms with Gasteiger partial charge in [-0.05, 0) is 67.1 Å². The molecule has 0 unspecified atom stereocenters. The number of para-hydroxylation sites is 1. The second-order valence-corrected chi connectivity index (χ2v) is 8.63. The van der Waals surface area contributed by atoms with Gasteiger partial charge in [0.05, 0.1) is 0 Å². The van der Waals surface area contributed by atoms with Crippen LogP contribution in [0.25, 0.3) is 43.6 Å². The van der Waals surface area contributed by atoms with Crippen LogP contribution < -0.4 is 0 Å². The molecule has 4 aromatic carbocycles. The fourth-order valence-corrected chi connectivity index (χ4v) is 4.92. The third-order valence-electron chi connectivity index (χ3n) is 6.60. The minimum atomic E-state index is 0.931. The van der Waals surface area contributed by atoms with Crippen molar-refractivity contribution in [2.75, 3.05) is 0 Å². The molecule has 0 atom stereocenters. The molecule has 2 aromatic heterocycles. The summed E-state index contributed by atoms with van der Waals surface area (Å²) in [7, 11) is 0. The summed E-state index contributed by atoms with van der Waals surface area (Å²) >= 11 is 0. The molecule has 2 heteroatoms. The van der Waals surface area contributed by atoms with E-state index >= 15 is 0 Å². The Hall–Kier alpha value is -3.52. The Morgan fingerprint density at radius 1 is 0.633 bits per heavy atom. The molecule has 2 nitrogen and oxygen atoms in total. The first kappa shape index (κ1) is 17.3. The normalized spacial score (nSPS) is 12.0. The van der Waals surface area contributed by atoms with E-state index in [1.165, 1.54) is 71.4 Å². The number of benzene rings is 4. The highest BCUT2D eigenvalue weighted by Crippen LogP contribution is 2.32. The Labute approximate surface area is 175 Å². The van der Waals surface area contributed by atoms with E-state index in [1.807, 2.05) is 0 Å². The molecule has 0 saturated heterocycles. The summed E-state index contributed by atoms with van der Waals surface area (Å²) < 4.78 is 0. The van der Waals surface area contributed by atoms with Gasteiger partial charge < -0.3 is 9.97 Å². The first-order valence-corrected chi connectivity index (χ1v) is 10.6. The van der Waals surface area contributed by atoms with Crippen molar-refractivity contribution in [3.8, 4) is 0 Å². The number of aryl methyl sites for hydroxylation is 3. The van der Waals surface area contributed by atoms with Gasteiger partial charge >= 0.3 is 0 Å². The van der Waals surface area contributed by atoms with E-state index in [9.17, 15) is 0 Å². The molecule has 0 aliphatic carbocycles. The molecular weight excluding hydrogens is 364 g/mol. The van der Waals surface area contributed by atoms with Crippen LogP contribution in [0.4, 0.5) is 0 Å². The second-order valence-electron chi connectivity index (χ2n) is 8.63. The number of hydrogen-bond donors (Lipinski definition) is 2. The van der Waals surface area contributed by atoms with Gasteiger partial charge in [-0.15, -0.1) is 0 Å². The van der Waals surface area contributed by atoms with E-state index in [0.29, 0.717) is 0 Å². The van der Waals surface area contributed by atoms with E-state index in [2.05, 4.69) is 97.5 Å². The number of nitrogens with one attached hydrogen (secondary N) is 2. The Bertz CT molecular complexity index is 1590. The van der Waals surface area contributed by atoms with Gasteiger partial charge in [0.2, 0.25) is 0 Å². The summed E-state index contributed by atoms with van der Waals surface area (Å²) in [5, 5.41) is 5.23. The van der Waals surface area contributed by atoms with Gasteiger partial charge in [0.25, 0.3) is 0 Å². The largest absolute Gasteiger partial charge is 0.354 e. The lowest BCUT2D eigenvalue weighted by Gasteiger charge is -2.08. The number of aromatic nitrogens is 2.